The number of nitrogens with zero attached hydrogens (tertiary/aromatic N) is 5. The first-order valence-corrected chi connectivity index (χ1v) is 11.7. The average molecular weight is 444 g/mol. The van der Waals surface area contributed by atoms with Gasteiger partial charge in [-0.15, -0.1) is 0 Å². The molecule has 2 aromatic carbocycles. The second-order valence-electron chi connectivity index (χ2n) is 8.65. The zero-order chi connectivity index (χ0) is 22.9. The van der Waals surface area contributed by atoms with E-state index in [0.717, 1.165) is 43.0 Å². The molecule has 0 fully saturated rings. The molecular formula is C26H29N5O2. The summed E-state index contributed by atoms with van der Waals surface area (Å²) in [6.07, 6.45) is 3.57. The summed E-state index contributed by atoms with van der Waals surface area (Å²) in [5.74, 6) is 0.736. The maximum Gasteiger partial charge on any atom is 0.332 e. The average Bonchev–Trinajstić information content (AvgIpc) is 3.11. The SMILES string of the molecule is CCc1ccc(N2CCCCn3c2nc2c3c(=O)n(CCc3ccccc3)c(=O)n2C)cc1. The highest BCUT2D eigenvalue weighted by molar-refractivity contribution is 5.76. The summed E-state index contributed by atoms with van der Waals surface area (Å²) >= 11 is 0. The van der Waals surface area contributed by atoms with Crippen LogP contribution >= 0.6 is 0 Å². The van der Waals surface area contributed by atoms with Gasteiger partial charge in [0.25, 0.3) is 5.56 Å². The Hall–Kier alpha value is -3.61. The molecule has 0 radical (unpaired) electrons. The Morgan fingerprint density at radius 3 is 2.36 bits per heavy atom. The van der Waals surface area contributed by atoms with Gasteiger partial charge in [0, 0.05) is 32.4 Å². The van der Waals surface area contributed by atoms with Crippen LogP contribution < -0.4 is 16.1 Å². The third kappa shape index (κ3) is 3.77. The van der Waals surface area contributed by atoms with Crippen molar-refractivity contribution in [2.45, 2.75) is 45.7 Å². The molecule has 0 spiro atoms. The molecule has 1 aliphatic heterocycles. The van der Waals surface area contributed by atoms with E-state index in [0.29, 0.717) is 30.7 Å². The van der Waals surface area contributed by atoms with Crippen molar-refractivity contribution in [1.29, 1.82) is 0 Å². The van der Waals surface area contributed by atoms with Crippen LogP contribution in [0.3, 0.4) is 0 Å². The molecule has 0 bridgehead atoms. The van der Waals surface area contributed by atoms with Crippen molar-refractivity contribution in [2.24, 2.45) is 7.05 Å². The molecule has 2 aromatic heterocycles. The first-order chi connectivity index (χ1) is 16.1. The number of anilines is 2. The van der Waals surface area contributed by atoms with Crippen molar-refractivity contribution in [1.82, 2.24) is 18.7 Å². The lowest BCUT2D eigenvalue weighted by molar-refractivity contribution is 0.596. The van der Waals surface area contributed by atoms with Gasteiger partial charge in [-0.05, 0) is 48.9 Å². The minimum atomic E-state index is -0.324. The largest absolute Gasteiger partial charge is 0.332 e. The maximum atomic E-state index is 13.6. The van der Waals surface area contributed by atoms with Crippen LogP contribution in [0, 0.1) is 0 Å². The zero-order valence-electron chi connectivity index (χ0n) is 19.2. The van der Waals surface area contributed by atoms with Crippen LogP contribution in [0.5, 0.6) is 0 Å². The summed E-state index contributed by atoms with van der Waals surface area (Å²) in [5, 5.41) is 0. The van der Waals surface area contributed by atoms with E-state index in [4.69, 9.17) is 4.98 Å². The lowest BCUT2D eigenvalue weighted by Crippen LogP contribution is -2.40. The molecule has 7 nitrogen and oxygen atoms in total. The van der Waals surface area contributed by atoms with Gasteiger partial charge in [-0.25, -0.2) is 4.79 Å². The normalized spacial score (nSPS) is 13.8. The third-order valence-corrected chi connectivity index (χ3v) is 6.59. The van der Waals surface area contributed by atoms with E-state index in [1.807, 2.05) is 34.9 Å². The Bertz CT molecular complexity index is 1400. The molecule has 1 aliphatic rings. The maximum absolute atomic E-state index is 13.6. The zero-order valence-corrected chi connectivity index (χ0v) is 19.2. The molecule has 0 amide bonds. The lowest BCUT2D eigenvalue weighted by Gasteiger charge is -2.22. The first kappa shape index (κ1) is 21.2. The molecule has 7 heteroatoms. The van der Waals surface area contributed by atoms with Crippen molar-refractivity contribution in [3.05, 3.63) is 86.6 Å². The molecule has 4 aromatic rings. The van der Waals surface area contributed by atoms with Gasteiger partial charge in [-0.3, -0.25) is 13.9 Å². The monoisotopic (exact) mass is 443 g/mol. The van der Waals surface area contributed by atoms with Gasteiger partial charge in [0.2, 0.25) is 5.95 Å². The van der Waals surface area contributed by atoms with E-state index >= 15 is 0 Å². The number of rotatable bonds is 5. The molecule has 0 saturated carbocycles. The van der Waals surface area contributed by atoms with E-state index in [2.05, 4.69) is 36.1 Å². The number of aryl methyl sites for hydroxylation is 4. The lowest BCUT2D eigenvalue weighted by atomic mass is 10.1. The standard InChI is InChI=1S/C26H29N5O2/c1-3-19-11-13-21(14-12-19)29-16-7-8-17-30-22-23(27-25(29)30)28(2)26(33)31(24(22)32)18-15-20-9-5-4-6-10-20/h4-6,9-14H,3,7-8,15-18H2,1-2H3. The third-order valence-electron chi connectivity index (χ3n) is 6.59. The number of fused-ring (bicyclic) bond motifs is 3. The number of aromatic nitrogens is 4. The van der Waals surface area contributed by atoms with Gasteiger partial charge in [0.05, 0.1) is 0 Å². The minimum absolute atomic E-state index is 0.258. The fourth-order valence-electron chi connectivity index (χ4n) is 4.66. The van der Waals surface area contributed by atoms with Gasteiger partial charge in [-0.2, -0.15) is 4.98 Å². The van der Waals surface area contributed by atoms with E-state index < -0.39 is 0 Å². The summed E-state index contributed by atoms with van der Waals surface area (Å²) in [6, 6.07) is 18.4. The number of hydrogen-bond acceptors (Lipinski definition) is 4. The summed E-state index contributed by atoms with van der Waals surface area (Å²) < 4.78 is 4.88. The number of hydrogen-bond donors (Lipinski definition) is 0. The Morgan fingerprint density at radius 2 is 1.64 bits per heavy atom. The van der Waals surface area contributed by atoms with Crippen LogP contribution in [0.1, 0.15) is 30.9 Å². The van der Waals surface area contributed by atoms with Crippen molar-refractivity contribution in [3.63, 3.8) is 0 Å². The van der Waals surface area contributed by atoms with E-state index in [1.165, 1.54) is 14.7 Å². The van der Waals surface area contributed by atoms with E-state index in [1.54, 1.807) is 7.05 Å². The molecule has 0 atom stereocenters. The Labute approximate surface area is 192 Å². The molecule has 0 saturated heterocycles. The molecule has 170 valence electrons. The summed E-state index contributed by atoms with van der Waals surface area (Å²) in [7, 11) is 1.70. The van der Waals surface area contributed by atoms with Crippen molar-refractivity contribution < 1.29 is 0 Å². The highest BCUT2D eigenvalue weighted by Crippen LogP contribution is 2.30. The van der Waals surface area contributed by atoms with Gasteiger partial charge in [0.1, 0.15) is 0 Å². The molecule has 33 heavy (non-hydrogen) atoms. The fraction of sp³-hybridized carbons (Fsp3) is 0.346. The van der Waals surface area contributed by atoms with Crippen molar-refractivity contribution in [3.8, 4) is 0 Å². The molecule has 0 unspecified atom stereocenters. The van der Waals surface area contributed by atoms with Crippen LogP contribution in [-0.4, -0.2) is 25.2 Å². The van der Waals surface area contributed by atoms with Gasteiger partial charge in [0.15, 0.2) is 11.2 Å². The number of benzene rings is 2. The Kier molecular flexibility index (Phi) is 5.62. The second kappa shape index (κ2) is 8.73. The fourth-order valence-corrected chi connectivity index (χ4v) is 4.66. The van der Waals surface area contributed by atoms with Crippen LogP contribution in [0.25, 0.3) is 11.2 Å². The molecule has 0 N–H and O–H groups in total. The Morgan fingerprint density at radius 1 is 0.909 bits per heavy atom. The van der Waals surface area contributed by atoms with Gasteiger partial charge >= 0.3 is 5.69 Å². The molecule has 0 aliphatic carbocycles. The second-order valence-corrected chi connectivity index (χ2v) is 8.65. The first-order valence-electron chi connectivity index (χ1n) is 11.7. The van der Waals surface area contributed by atoms with Gasteiger partial charge < -0.3 is 9.47 Å². The van der Waals surface area contributed by atoms with Crippen molar-refractivity contribution in [2.75, 3.05) is 11.4 Å². The smallest absolute Gasteiger partial charge is 0.312 e. The topological polar surface area (TPSA) is 65.1 Å². The molecule has 5 rings (SSSR count). The molecular weight excluding hydrogens is 414 g/mol. The van der Waals surface area contributed by atoms with Crippen LogP contribution in [0.2, 0.25) is 0 Å². The van der Waals surface area contributed by atoms with E-state index in [9.17, 15) is 9.59 Å². The van der Waals surface area contributed by atoms with Crippen LogP contribution in [0.4, 0.5) is 11.6 Å². The van der Waals surface area contributed by atoms with Crippen LogP contribution in [0.15, 0.2) is 64.2 Å². The number of imidazole rings is 1. The summed E-state index contributed by atoms with van der Waals surface area (Å²) in [4.78, 5) is 33.7. The van der Waals surface area contributed by atoms with Crippen molar-refractivity contribution >= 4 is 22.8 Å². The van der Waals surface area contributed by atoms with E-state index in [-0.39, 0.29) is 11.2 Å². The summed E-state index contributed by atoms with van der Waals surface area (Å²) in [5.41, 5.74) is 3.82. The van der Waals surface area contributed by atoms with Crippen LogP contribution in [-0.2, 0) is 33.0 Å². The quantitative estimate of drug-likeness (QED) is 0.472. The summed E-state index contributed by atoms with van der Waals surface area (Å²) in [6.45, 7) is 4.02. The molecule has 3 heterocycles. The van der Waals surface area contributed by atoms with Gasteiger partial charge in [-0.1, -0.05) is 49.4 Å². The highest BCUT2D eigenvalue weighted by atomic mass is 16.2. The predicted octanol–water partition coefficient (Wildman–Crippen LogP) is 3.63. The highest BCUT2D eigenvalue weighted by Gasteiger charge is 2.25. The predicted molar refractivity (Wildman–Crippen MR) is 131 cm³/mol. The minimum Gasteiger partial charge on any atom is -0.312 e. The Balaban J connectivity index is 1.62.